The fourth-order valence-corrected chi connectivity index (χ4v) is 6.15. The quantitative estimate of drug-likeness (QED) is 0.208. The predicted octanol–water partition coefficient (Wildman–Crippen LogP) is 14.2. The van der Waals surface area contributed by atoms with E-state index in [1.54, 1.807) is 22.7 Å². The molecule has 1 N–H and O–H groups in total. The van der Waals surface area contributed by atoms with E-state index in [2.05, 4.69) is 138 Å². The molecule has 0 radical (unpaired) electrons. The Balaban J connectivity index is 0. The summed E-state index contributed by atoms with van der Waals surface area (Å²) < 4.78 is 16.5. The molecule has 302 valence electrons. The number of benzene rings is 1. The van der Waals surface area contributed by atoms with Crippen molar-refractivity contribution in [2.75, 3.05) is 31.6 Å². The molecule has 9 heteroatoms. The van der Waals surface area contributed by atoms with Gasteiger partial charge in [-0.1, -0.05) is 92.1 Å². The van der Waals surface area contributed by atoms with E-state index in [1.807, 2.05) is 19.9 Å². The Hall–Kier alpha value is -1.58. The number of halogens is 2. The summed E-state index contributed by atoms with van der Waals surface area (Å²) in [6.45, 7) is 37.3. The molecule has 2 aromatic heterocycles. The number of hydrogen-bond donors (Lipinski definition) is 1. The van der Waals surface area contributed by atoms with E-state index in [4.69, 9.17) is 16.3 Å². The molecule has 1 saturated heterocycles. The van der Waals surface area contributed by atoms with Gasteiger partial charge in [-0.3, -0.25) is 0 Å². The minimum absolute atomic E-state index is 0.306. The number of piperidine rings is 1. The highest BCUT2D eigenvalue weighted by atomic mass is 35.5. The first-order chi connectivity index (χ1) is 24.3. The molecule has 1 fully saturated rings. The molecular formula is C43H78ClFN4OS2. The maximum Gasteiger partial charge on any atom is 0.183 e. The topological polar surface area (TPSA) is 50.3 Å². The summed E-state index contributed by atoms with van der Waals surface area (Å²) in [6.07, 6.45) is 3.89. The third-order valence-corrected chi connectivity index (χ3v) is 8.88. The van der Waals surface area contributed by atoms with Crippen LogP contribution in [-0.4, -0.2) is 64.8 Å². The van der Waals surface area contributed by atoms with Gasteiger partial charge in [0.25, 0.3) is 0 Å². The fraction of sp³-hybridized carbons (Fsp3) is 0.721. The van der Waals surface area contributed by atoms with Gasteiger partial charge in [0, 0.05) is 34.6 Å². The van der Waals surface area contributed by atoms with Crippen molar-refractivity contribution in [3.8, 4) is 0 Å². The number of nitrogens with one attached hydrogen (secondary N) is 1. The van der Waals surface area contributed by atoms with Crippen molar-refractivity contribution in [2.24, 2.45) is 0 Å². The SMILES string of the molecule is CC(C)Cl.CC(C)F.CC(C)Nc1nc(C(C)C)cs1.CC(C)OCCN1CCCCC1.CC(C)c1ccccc1.CC(C)c1csc(C(C)C)n1. The molecule has 3 heterocycles. The standard InChI is InChI=1S/C10H21NO.C9H16N2S.C9H15NS.C9H12.C3H7Cl.C3H7F/c1-10(2)12-9-8-11-6-4-3-5-7-11;1-6(2)8-5-12-9(11-8)10-7(3)4;1-6(2)8-5-11-9(10-8)7(3)4;1-8(2)9-6-4-3-5-7-9;2*1-3(2)4/h10H,3-9H2,1-2H3;5-7H,1-4H3,(H,10,11);5-7H,1-4H3;3-8H,1-2H3;2*3H,1-2H3. The summed E-state index contributed by atoms with van der Waals surface area (Å²) in [4.78, 5) is 11.5. The number of alkyl halides is 2. The van der Waals surface area contributed by atoms with Crippen LogP contribution in [0.25, 0.3) is 0 Å². The molecule has 0 unspecified atom stereocenters. The Kier molecular flexibility index (Phi) is 32.1. The van der Waals surface area contributed by atoms with Crippen LogP contribution < -0.4 is 5.32 Å². The Morgan fingerprint density at radius 1 is 0.712 bits per heavy atom. The van der Waals surface area contributed by atoms with E-state index < -0.39 is 6.17 Å². The molecule has 0 spiro atoms. The van der Waals surface area contributed by atoms with E-state index in [9.17, 15) is 4.39 Å². The van der Waals surface area contributed by atoms with Crippen LogP contribution in [0.4, 0.5) is 9.52 Å². The zero-order valence-electron chi connectivity index (χ0n) is 35.9. The zero-order chi connectivity index (χ0) is 40.2. The number of rotatable bonds is 10. The number of ether oxygens (including phenoxy) is 1. The average Bonchev–Trinajstić information content (AvgIpc) is 3.73. The molecule has 5 nitrogen and oxygen atoms in total. The maximum atomic E-state index is 11.0. The smallest absolute Gasteiger partial charge is 0.183 e. The van der Waals surface area contributed by atoms with Crippen molar-refractivity contribution in [1.29, 1.82) is 0 Å². The second kappa shape index (κ2) is 31.7. The normalized spacial score (nSPS) is 12.8. The summed E-state index contributed by atoms with van der Waals surface area (Å²) in [7, 11) is 0. The number of thiazole rings is 2. The van der Waals surface area contributed by atoms with Crippen molar-refractivity contribution < 1.29 is 9.13 Å². The molecule has 0 atom stereocenters. The van der Waals surface area contributed by atoms with Crippen molar-refractivity contribution >= 4 is 39.4 Å². The van der Waals surface area contributed by atoms with Crippen LogP contribution in [0.1, 0.15) is 176 Å². The Bertz CT molecular complexity index is 1160. The van der Waals surface area contributed by atoms with Gasteiger partial charge in [0.15, 0.2) is 5.13 Å². The minimum atomic E-state index is -0.667. The molecular weight excluding hydrogens is 707 g/mol. The van der Waals surface area contributed by atoms with Gasteiger partial charge in [-0.15, -0.1) is 34.3 Å². The van der Waals surface area contributed by atoms with Crippen molar-refractivity contribution in [1.82, 2.24) is 14.9 Å². The van der Waals surface area contributed by atoms with E-state index in [0.29, 0.717) is 41.2 Å². The van der Waals surface area contributed by atoms with Crippen LogP contribution in [0.3, 0.4) is 0 Å². The van der Waals surface area contributed by atoms with Gasteiger partial charge < -0.3 is 15.0 Å². The molecule has 1 aliphatic rings. The van der Waals surface area contributed by atoms with Crippen LogP contribution in [0, 0.1) is 0 Å². The van der Waals surface area contributed by atoms with Crippen molar-refractivity contribution in [2.45, 2.75) is 177 Å². The van der Waals surface area contributed by atoms with Crippen molar-refractivity contribution in [3.05, 3.63) is 63.1 Å². The molecule has 0 amide bonds. The fourth-order valence-electron chi connectivity index (χ4n) is 4.13. The lowest BCUT2D eigenvalue weighted by molar-refractivity contribution is 0.0551. The first-order valence-electron chi connectivity index (χ1n) is 19.6. The summed E-state index contributed by atoms with van der Waals surface area (Å²) >= 11 is 8.73. The maximum absolute atomic E-state index is 11.0. The highest BCUT2D eigenvalue weighted by Gasteiger charge is 2.10. The minimum Gasteiger partial charge on any atom is -0.377 e. The van der Waals surface area contributed by atoms with Crippen LogP contribution in [0.2, 0.25) is 0 Å². The molecule has 0 bridgehead atoms. The highest BCUT2D eigenvalue weighted by molar-refractivity contribution is 7.13. The first-order valence-corrected chi connectivity index (χ1v) is 21.8. The van der Waals surface area contributed by atoms with E-state index in [1.165, 1.54) is 68.2 Å². The molecule has 3 aromatic rings. The van der Waals surface area contributed by atoms with Crippen LogP contribution in [0.5, 0.6) is 0 Å². The monoisotopic (exact) mass is 785 g/mol. The number of aromatic nitrogens is 2. The van der Waals surface area contributed by atoms with E-state index >= 15 is 0 Å². The van der Waals surface area contributed by atoms with Gasteiger partial charge in [-0.2, -0.15) is 0 Å². The van der Waals surface area contributed by atoms with Gasteiger partial charge in [0.05, 0.1) is 35.3 Å². The zero-order valence-corrected chi connectivity index (χ0v) is 38.3. The van der Waals surface area contributed by atoms with Crippen LogP contribution in [-0.2, 0) is 4.74 Å². The number of anilines is 1. The van der Waals surface area contributed by atoms with E-state index in [-0.39, 0.29) is 0 Å². The van der Waals surface area contributed by atoms with Gasteiger partial charge in [-0.25, -0.2) is 14.4 Å². The van der Waals surface area contributed by atoms with Crippen molar-refractivity contribution in [3.63, 3.8) is 0 Å². The summed E-state index contributed by atoms with van der Waals surface area (Å²) in [5.74, 6) is 2.33. The lowest BCUT2D eigenvalue weighted by atomic mass is 10.0. The summed E-state index contributed by atoms with van der Waals surface area (Å²) in [5.41, 5.74) is 3.83. The molecule has 52 heavy (non-hydrogen) atoms. The van der Waals surface area contributed by atoms with Gasteiger partial charge in [-0.05, 0) is 105 Å². The van der Waals surface area contributed by atoms with Gasteiger partial charge in [0.1, 0.15) is 0 Å². The second-order valence-electron chi connectivity index (χ2n) is 15.4. The molecule has 1 aliphatic heterocycles. The molecule has 0 saturated carbocycles. The predicted molar refractivity (Wildman–Crippen MR) is 234 cm³/mol. The number of nitrogens with zero attached hydrogens (tertiary/aromatic N) is 3. The molecule has 0 aliphatic carbocycles. The third-order valence-electron chi connectivity index (χ3n) is 6.92. The largest absolute Gasteiger partial charge is 0.377 e. The van der Waals surface area contributed by atoms with Crippen LogP contribution >= 0.6 is 34.3 Å². The summed E-state index contributed by atoms with van der Waals surface area (Å²) in [6, 6.07) is 11.0. The Labute approximate surface area is 333 Å². The second-order valence-corrected chi connectivity index (χ2v) is 18.0. The Morgan fingerprint density at radius 3 is 1.54 bits per heavy atom. The highest BCUT2D eigenvalue weighted by Crippen LogP contribution is 2.23. The van der Waals surface area contributed by atoms with Crippen LogP contribution in [0.15, 0.2) is 41.1 Å². The third kappa shape index (κ3) is 31.9. The van der Waals surface area contributed by atoms with Gasteiger partial charge in [0.2, 0.25) is 0 Å². The lowest BCUT2D eigenvalue weighted by Crippen LogP contribution is -2.33. The summed E-state index contributed by atoms with van der Waals surface area (Å²) in [5, 5.41) is 10.2. The molecule has 4 rings (SSSR count). The number of hydrogen-bond acceptors (Lipinski definition) is 7. The first kappa shape index (κ1) is 52.5. The average molecular weight is 786 g/mol. The van der Waals surface area contributed by atoms with Gasteiger partial charge >= 0.3 is 0 Å². The molecule has 1 aromatic carbocycles. The number of likely N-dealkylation sites (tertiary alicyclic amines) is 1. The Morgan fingerprint density at radius 2 is 1.19 bits per heavy atom. The lowest BCUT2D eigenvalue weighted by Gasteiger charge is -2.26. The van der Waals surface area contributed by atoms with E-state index in [0.717, 1.165) is 18.3 Å².